The van der Waals surface area contributed by atoms with Crippen LogP contribution in [0.4, 0.5) is 10.5 Å². The van der Waals surface area contributed by atoms with Crippen LogP contribution in [0, 0.1) is 18.8 Å². The number of amides is 5. The Balaban J connectivity index is 1.25. The topological polar surface area (TPSA) is 137 Å². The van der Waals surface area contributed by atoms with Crippen LogP contribution in [0.3, 0.4) is 0 Å². The third-order valence-electron chi connectivity index (χ3n) is 7.24. The van der Waals surface area contributed by atoms with Crippen LogP contribution >= 0.6 is 0 Å². The van der Waals surface area contributed by atoms with Crippen molar-refractivity contribution in [1.29, 1.82) is 0 Å². The first-order valence-electron chi connectivity index (χ1n) is 12.4. The maximum atomic E-state index is 12.8. The Kier molecular flexibility index (Phi) is 7.76. The first-order valence-corrected chi connectivity index (χ1v) is 12.4. The summed E-state index contributed by atoms with van der Waals surface area (Å²) in [6.07, 6.45) is 2.32. The van der Waals surface area contributed by atoms with Crippen LogP contribution in [0.25, 0.3) is 0 Å². The lowest BCUT2D eigenvalue weighted by Crippen LogP contribution is -2.49. The monoisotopic (exact) mass is 500 g/mol. The molecule has 0 radical (unpaired) electrons. The van der Waals surface area contributed by atoms with Crippen LogP contribution in [-0.4, -0.2) is 84.0 Å². The molecule has 0 bridgehead atoms. The molecule has 1 aromatic rings. The minimum atomic E-state index is -0.800. The van der Waals surface area contributed by atoms with E-state index in [0.29, 0.717) is 63.3 Å². The van der Waals surface area contributed by atoms with Crippen LogP contribution in [0.1, 0.15) is 37.7 Å². The van der Waals surface area contributed by atoms with Gasteiger partial charge in [-0.15, -0.1) is 0 Å². The second-order valence-corrected chi connectivity index (χ2v) is 9.58. The number of carboxylic acid groups (broad SMARTS) is 1. The first-order chi connectivity index (χ1) is 17.2. The van der Waals surface area contributed by atoms with E-state index < -0.39 is 12.0 Å². The largest absolute Gasteiger partial charge is 0.484 e. The average molecular weight is 501 g/mol. The van der Waals surface area contributed by atoms with Crippen LogP contribution in [0.2, 0.25) is 0 Å². The van der Waals surface area contributed by atoms with Crippen molar-refractivity contribution in [2.24, 2.45) is 11.8 Å². The van der Waals surface area contributed by atoms with Gasteiger partial charge in [0.05, 0.1) is 11.6 Å². The Morgan fingerprint density at radius 3 is 2.25 bits per heavy atom. The molecule has 3 saturated heterocycles. The molecule has 11 heteroatoms. The smallest absolute Gasteiger partial charge is 0.328 e. The highest BCUT2D eigenvalue weighted by molar-refractivity contribution is 6.06. The lowest BCUT2D eigenvalue weighted by Gasteiger charge is -2.36. The van der Waals surface area contributed by atoms with E-state index in [0.717, 1.165) is 5.56 Å². The summed E-state index contributed by atoms with van der Waals surface area (Å²) in [6, 6.07) is 4.75. The standard InChI is InChI=1S/C25H32N4O7/c1-16-2-3-19(14-20(16)29-13-8-21(30)26-25(29)35)36-15-22(31)27-9-4-17(5-10-27)23(32)28-11-6-18(7-12-28)24(33)34/h2-3,14,17-18H,4-13,15H2,1H3,(H,33,34)(H,26,30,35). The molecule has 194 valence electrons. The molecule has 0 unspecified atom stereocenters. The van der Waals surface area contributed by atoms with E-state index in [9.17, 15) is 24.0 Å². The minimum absolute atomic E-state index is 0.0535. The molecule has 3 fully saturated rings. The number of carboxylic acids is 1. The van der Waals surface area contributed by atoms with Gasteiger partial charge in [-0.25, -0.2) is 4.79 Å². The number of carbonyl (C=O) groups excluding carboxylic acids is 4. The zero-order chi connectivity index (χ0) is 25.8. The normalized spacial score (nSPS) is 19.8. The number of hydrogen-bond donors (Lipinski definition) is 2. The molecule has 0 aromatic heterocycles. The van der Waals surface area contributed by atoms with Crippen LogP contribution in [0.5, 0.6) is 5.75 Å². The number of anilines is 1. The van der Waals surface area contributed by atoms with Crippen molar-refractivity contribution in [3.8, 4) is 5.75 Å². The number of likely N-dealkylation sites (tertiary alicyclic amines) is 2. The predicted octanol–water partition coefficient (Wildman–Crippen LogP) is 1.38. The quantitative estimate of drug-likeness (QED) is 0.602. The van der Waals surface area contributed by atoms with Gasteiger partial charge in [0.25, 0.3) is 5.91 Å². The molecule has 1 aromatic carbocycles. The third-order valence-corrected chi connectivity index (χ3v) is 7.24. The highest BCUT2D eigenvalue weighted by Gasteiger charge is 2.33. The van der Waals surface area contributed by atoms with Gasteiger partial charge >= 0.3 is 12.0 Å². The highest BCUT2D eigenvalue weighted by atomic mass is 16.5. The zero-order valence-corrected chi connectivity index (χ0v) is 20.4. The van der Waals surface area contributed by atoms with Gasteiger partial charge in [0, 0.05) is 51.1 Å². The van der Waals surface area contributed by atoms with Crippen molar-refractivity contribution in [2.75, 3.05) is 44.2 Å². The summed E-state index contributed by atoms with van der Waals surface area (Å²) < 4.78 is 5.72. The van der Waals surface area contributed by atoms with Crippen molar-refractivity contribution in [2.45, 2.75) is 39.0 Å². The first kappa shape index (κ1) is 25.5. The van der Waals surface area contributed by atoms with Crippen molar-refractivity contribution < 1.29 is 33.8 Å². The Bertz CT molecular complexity index is 1040. The summed E-state index contributed by atoms with van der Waals surface area (Å²) in [7, 11) is 0. The van der Waals surface area contributed by atoms with Gasteiger partial charge in [-0.3, -0.25) is 29.4 Å². The summed E-state index contributed by atoms with van der Waals surface area (Å²) in [5.41, 5.74) is 1.47. The van der Waals surface area contributed by atoms with E-state index in [4.69, 9.17) is 9.84 Å². The van der Waals surface area contributed by atoms with Gasteiger partial charge in [0.15, 0.2) is 6.61 Å². The van der Waals surface area contributed by atoms with E-state index in [1.807, 2.05) is 6.92 Å². The molecule has 2 N–H and O–H groups in total. The Labute approximate surface area is 209 Å². The fourth-order valence-corrected chi connectivity index (χ4v) is 4.98. The number of ether oxygens (including phenoxy) is 1. The molecule has 0 aliphatic carbocycles. The summed E-state index contributed by atoms with van der Waals surface area (Å²) in [4.78, 5) is 65.3. The molecule has 3 heterocycles. The lowest BCUT2D eigenvalue weighted by molar-refractivity contribution is -0.147. The summed E-state index contributed by atoms with van der Waals surface area (Å²) in [6.45, 7) is 3.84. The molecular weight excluding hydrogens is 468 g/mol. The van der Waals surface area contributed by atoms with Gasteiger partial charge in [0.2, 0.25) is 11.8 Å². The van der Waals surface area contributed by atoms with E-state index in [-0.39, 0.29) is 49.1 Å². The van der Waals surface area contributed by atoms with Gasteiger partial charge < -0.3 is 19.6 Å². The molecular formula is C25H32N4O7. The number of carbonyl (C=O) groups is 5. The number of aliphatic carboxylic acids is 1. The summed E-state index contributed by atoms with van der Waals surface area (Å²) >= 11 is 0. The number of piperidine rings is 2. The number of benzene rings is 1. The van der Waals surface area contributed by atoms with E-state index in [2.05, 4.69) is 5.32 Å². The van der Waals surface area contributed by atoms with E-state index in [1.54, 1.807) is 28.0 Å². The number of nitrogens with one attached hydrogen (secondary N) is 1. The minimum Gasteiger partial charge on any atom is -0.484 e. The van der Waals surface area contributed by atoms with Crippen molar-refractivity contribution in [1.82, 2.24) is 15.1 Å². The Hall–Kier alpha value is -3.63. The van der Waals surface area contributed by atoms with Crippen molar-refractivity contribution in [3.05, 3.63) is 23.8 Å². The van der Waals surface area contributed by atoms with E-state index >= 15 is 0 Å². The zero-order valence-electron chi connectivity index (χ0n) is 20.4. The van der Waals surface area contributed by atoms with Crippen LogP contribution < -0.4 is 15.0 Å². The molecule has 4 rings (SSSR count). The predicted molar refractivity (Wildman–Crippen MR) is 128 cm³/mol. The fraction of sp³-hybridized carbons (Fsp3) is 0.560. The van der Waals surface area contributed by atoms with Crippen molar-refractivity contribution in [3.63, 3.8) is 0 Å². The van der Waals surface area contributed by atoms with Gasteiger partial charge in [-0.05, 0) is 44.2 Å². The molecule has 0 saturated carbocycles. The Morgan fingerprint density at radius 1 is 0.972 bits per heavy atom. The second-order valence-electron chi connectivity index (χ2n) is 9.58. The molecule has 0 atom stereocenters. The molecule has 5 amide bonds. The number of hydrogen-bond acceptors (Lipinski definition) is 6. The second kappa shape index (κ2) is 11.0. The molecule has 0 spiro atoms. The number of rotatable bonds is 6. The van der Waals surface area contributed by atoms with Crippen molar-refractivity contribution >= 4 is 35.4 Å². The molecule has 36 heavy (non-hydrogen) atoms. The maximum absolute atomic E-state index is 12.8. The SMILES string of the molecule is Cc1ccc(OCC(=O)N2CCC(C(=O)N3CCC(C(=O)O)CC3)CC2)cc1N1CCC(=O)NC1=O. The number of aryl methyl sites for hydroxylation is 1. The van der Waals surface area contributed by atoms with Gasteiger partial charge in [0.1, 0.15) is 5.75 Å². The molecule has 3 aliphatic rings. The van der Waals surface area contributed by atoms with E-state index in [1.165, 1.54) is 4.90 Å². The van der Waals surface area contributed by atoms with Gasteiger partial charge in [-0.1, -0.05) is 6.07 Å². The Morgan fingerprint density at radius 2 is 1.61 bits per heavy atom. The summed E-state index contributed by atoms with van der Waals surface area (Å²) in [5.74, 6) is -1.31. The fourth-order valence-electron chi connectivity index (χ4n) is 4.98. The number of imide groups is 1. The third kappa shape index (κ3) is 5.77. The van der Waals surface area contributed by atoms with Crippen LogP contribution in [0.15, 0.2) is 18.2 Å². The number of urea groups is 1. The number of nitrogens with zero attached hydrogens (tertiary/aromatic N) is 3. The average Bonchev–Trinajstić information content (AvgIpc) is 2.88. The summed E-state index contributed by atoms with van der Waals surface area (Å²) in [5, 5.41) is 11.4. The maximum Gasteiger partial charge on any atom is 0.328 e. The molecule has 3 aliphatic heterocycles. The van der Waals surface area contributed by atoms with Crippen LogP contribution in [-0.2, 0) is 19.2 Å². The van der Waals surface area contributed by atoms with Gasteiger partial charge in [-0.2, -0.15) is 0 Å². The molecule has 11 nitrogen and oxygen atoms in total. The highest BCUT2D eigenvalue weighted by Crippen LogP contribution is 2.28. The lowest BCUT2D eigenvalue weighted by atomic mass is 9.92.